The van der Waals surface area contributed by atoms with E-state index in [4.69, 9.17) is 39.5 Å². The van der Waals surface area contributed by atoms with E-state index in [1.807, 2.05) is 30.3 Å². The lowest BCUT2D eigenvalue weighted by Gasteiger charge is -2.07. The Labute approximate surface area is 177 Å². The van der Waals surface area contributed by atoms with Crippen LogP contribution in [0, 0.1) is 0 Å². The van der Waals surface area contributed by atoms with Crippen molar-refractivity contribution < 1.29 is 9.53 Å². The van der Waals surface area contributed by atoms with Crippen LogP contribution in [-0.2, 0) is 6.61 Å². The smallest absolute Gasteiger partial charge is 0.271 e. The SMILES string of the molecule is O=C(N/N=C/c1ccc(OCc2ccc(Cl)c(Cl)c2)cc1)c1ccc(Cl)cc1. The van der Waals surface area contributed by atoms with Gasteiger partial charge in [-0.1, -0.05) is 40.9 Å². The molecular weight excluding hydrogens is 419 g/mol. The Hall–Kier alpha value is -2.53. The molecule has 7 heteroatoms. The van der Waals surface area contributed by atoms with E-state index < -0.39 is 0 Å². The van der Waals surface area contributed by atoms with Crippen molar-refractivity contribution in [3.8, 4) is 5.75 Å². The van der Waals surface area contributed by atoms with Crippen molar-refractivity contribution >= 4 is 46.9 Å². The van der Waals surface area contributed by atoms with Gasteiger partial charge in [0.1, 0.15) is 12.4 Å². The van der Waals surface area contributed by atoms with Gasteiger partial charge in [-0.15, -0.1) is 0 Å². The fraction of sp³-hybridized carbons (Fsp3) is 0.0476. The van der Waals surface area contributed by atoms with Gasteiger partial charge >= 0.3 is 0 Å². The predicted octanol–water partition coefficient (Wildman–Crippen LogP) is 5.99. The molecule has 0 radical (unpaired) electrons. The fourth-order valence-electron chi connectivity index (χ4n) is 2.28. The number of amides is 1. The maximum absolute atomic E-state index is 12.0. The number of carbonyl (C=O) groups excluding carboxylic acids is 1. The third kappa shape index (κ3) is 5.73. The number of hydrogen-bond acceptors (Lipinski definition) is 3. The van der Waals surface area contributed by atoms with Crippen LogP contribution in [0.2, 0.25) is 15.1 Å². The van der Waals surface area contributed by atoms with Crippen molar-refractivity contribution in [1.82, 2.24) is 5.43 Å². The molecule has 3 rings (SSSR count). The normalized spacial score (nSPS) is 10.8. The zero-order valence-electron chi connectivity index (χ0n) is 14.5. The Morgan fingerprint density at radius 3 is 2.32 bits per heavy atom. The van der Waals surface area contributed by atoms with Crippen molar-refractivity contribution in [2.24, 2.45) is 5.10 Å². The molecule has 142 valence electrons. The van der Waals surface area contributed by atoms with Gasteiger partial charge in [0.25, 0.3) is 5.91 Å². The molecule has 28 heavy (non-hydrogen) atoms. The Kier molecular flexibility index (Phi) is 6.93. The lowest BCUT2D eigenvalue weighted by atomic mass is 10.2. The van der Waals surface area contributed by atoms with Crippen molar-refractivity contribution in [3.05, 3.63) is 98.5 Å². The lowest BCUT2D eigenvalue weighted by Crippen LogP contribution is -2.17. The summed E-state index contributed by atoms with van der Waals surface area (Å²) in [5.74, 6) is 0.392. The molecule has 4 nitrogen and oxygen atoms in total. The van der Waals surface area contributed by atoms with Gasteiger partial charge < -0.3 is 4.74 Å². The van der Waals surface area contributed by atoms with Crippen LogP contribution in [-0.4, -0.2) is 12.1 Å². The molecule has 3 aromatic carbocycles. The molecule has 1 amide bonds. The Morgan fingerprint density at radius 1 is 0.929 bits per heavy atom. The maximum Gasteiger partial charge on any atom is 0.271 e. The summed E-state index contributed by atoms with van der Waals surface area (Å²) < 4.78 is 5.73. The van der Waals surface area contributed by atoms with Gasteiger partial charge in [-0.05, 0) is 71.8 Å². The third-order valence-corrected chi connectivity index (χ3v) is 4.75. The van der Waals surface area contributed by atoms with Crippen LogP contribution in [0.15, 0.2) is 71.8 Å². The molecule has 0 saturated heterocycles. The fourth-order valence-corrected chi connectivity index (χ4v) is 2.72. The van der Waals surface area contributed by atoms with E-state index in [-0.39, 0.29) is 5.91 Å². The van der Waals surface area contributed by atoms with E-state index in [9.17, 15) is 4.79 Å². The number of nitrogens with one attached hydrogen (secondary N) is 1. The van der Waals surface area contributed by atoms with Crippen molar-refractivity contribution in [1.29, 1.82) is 0 Å². The third-order valence-electron chi connectivity index (χ3n) is 3.76. The second kappa shape index (κ2) is 9.60. The van der Waals surface area contributed by atoms with Gasteiger partial charge in [-0.3, -0.25) is 4.79 Å². The number of halogens is 3. The highest BCUT2D eigenvalue weighted by Crippen LogP contribution is 2.23. The Morgan fingerprint density at radius 2 is 1.64 bits per heavy atom. The van der Waals surface area contributed by atoms with Crippen LogP contribution < -0.4 is 10.2 Å². The van der Waals surface area contributed by atoms with Gasteiger partial charge in [0.2, 0.25) is 0 Å². The molecule has 0 heterocycles. The number of hydrazone groups is 1. The average Bonchev–Trinajstić information content (AvgIpc) is 2.70. The quantitative estimate of drug-likeness (QED) is 0.383. The molecule has 0 aromatic heterocycles. The second-order valence-corrected chi connectivity index (χ2v) is 7.06. The first-order valence-electron chi connectivity index (χ1n) is 8.27. The van der Waals surface area contributed by atoms with Gasteiger partial charge in [0.15, 0.2) is 0 Å². The summed E-state index contributed by atoms with van der Waals surface area (Å²) in [6.45, 7) is 0.376. The summed E-state index contributed by atoms with van der Waals surface area (Å²) in [6, 6.07) is 19.2. The molecule has 0 unspecified atom stereocenters. The molecule has 0 fully saturated rings. The van der Waals surface area contributed by atoms with E-state index in [2.05, 4.69) is 10.5 Å². The summed E-state index contributed by atoms with van der Waals surface area (Å²) >= 11 is 17.7. The molecule has 0 atom stereocenters. The summed E-state index contributed by atoms with van der Waals surface area (Å²) in [5, 5.41) is 5.53. The Balaban J connectivity index is 1.52. The standard InChI is InChI=1S/C21H15Cl3N2O2/c22-17-6-4-16(5-7-17)21(27)26-25-12-14-1-8-18(9-2-14)28-13-15-3-10-19(23)20(24)11-15/h1-12H,13H2,(H,26,27)/b25-12+. The van der Waals surface area contributed by atoms with Crippen molar-refractivity contribution in [2.75, 3.05) is 0 Å². The Bertz CT molecular complexity index is 988. The van der Waals surface area contributed by atoms with Crippen LogP contribution in [0.25, 0.3) is 0 Å². The minimum Gasteiger partial charge on any atom is -0.489 e. The monoisotopic (exact) mass is 432 g/mol. The molecule has 0 aliphatic carbocycles. The minimum atomic E-state index is -0.311. The van der Waals surface area contributed by atoms with Gasteiger partial charge in [0.05, 0.1) is 16.3 Å². The van der Waals surface area contributed by atoms with Crippen LogP contribution in [0.3, 0.4) is 0 Å². The molecule has 0 aliphatic rings. The number of carbonyl (C=O) groups is 1. The average molecular weight is 434 g/mol. The molecule has 0 bridgehead atoms. The summed E-state index contributed by atoms with van der Waals surface area (Å²) in [4.78, 5) is 12.0. The molecule has 0 saturated carbocycles. The number of hydrogen-bond donors (Lipinski definition) is 1. The highest BCUT2D eigenvalue weighted by Gasteiger charge is 2.03. The van der Waals surface area contributed by atoms with E-state index in [1.165, 1.54) is 0 Å². The van der Waals surface area contributed by atoms with E-state index in [0.717, 1.165) is 11.1 Å². The van der Waals surface area contributed by atoms with Crippen molar-refractivity contribution in [3.63, 3.8) is 0 Å². The van der Waals surface area contributed by atoms with Gasteiger partial charge in [0, 0.05) is 10.6 Å². The number of ether oxygens (including phenoxy) is 1. The molecule has 1 N–H and O–H groups in total. The molecule has 3 aromatic rings. The zero-order valence-corrected chi connectivity index (χ0v) is 16.8. The number of nitrogens with zero attached hydrogens (tertiary/aromatic N) is 1. The lowest BCUT2D eigenvalue weighted by molar-refractivity contribution is 0.0955. The summed E-state index contributed by atoms with van der Waals surface area (Å²) in [5.41, 5.74) is 4.69. The van der Waals surface area contributed by atoms with Crippen LogP contribution in [0.1, 0.15) is 21.5 Å². The minimum absolute atomic E-state index is 0.311. The van der Waals surface area contributed by atoms with Crippen LogP contribution >= 0.6 is 34.8 Å². The topological polar surface area (TPSA) is 50.7 Å². The first-order valence-corrected chi connectivity index (χ1v) is 9.40. The van der Waals surface area contributed by atoms with E-state index >= 15 is 0 Å². The maximum atomic E-state index is 12.0. The first kappa shape index (κ1) is 20.2. The van der Waals surface area contributed by atoms with Gasteiger partial charge in [-0.25, -0.2) is 5.43 Å². The zero-order chi connectivity index (χ0) is 19.9. The van der Waals surface area contributed by atoms with Crippen LogP contribution in [0.4, 0.5) is 0 Å². The summed E-state index contributed by atoms with van der Waals surface area (Å²) in [6.07, 6.45) is 1.55. The molecule has 0 spiro atoms. The highest BCUT2D eigenvalue weighted by atomic mass is 35.5. The van der Waals surface area contributed by atoms with Gasteiger partial charge in [-0.2, -0.15) is 5.10 Å². The van der Waals surface area contributed by atoms with Crippen molar-refractivity contribution in [2.45, 2.75) is 6.61 Å². The molecular formula is C21H15Cl3N2O2. The summed E-state index contributed by atoms with van der Waals surface area (Å²) in [7, 11) is 0. The number of rotatable bonds is 6. The molecule has 0 aliphatic heterocycles. The van der Waals surface area contributed by atoms with E-state index in [1.54, 1.807) is 42.6 Å². The van der Waals surface area contributed by atoms with E-state index in [0.29, 0.717) is 33.0 Å². The highest BCUT2D eigenvalue weighted by molar-refractivity contribution is 6.42. The predicted molar refractivity (Wildman–Crippen MR) is 114 cm³/mol. The second-order valence-electron chi connectivity index (χ2n) is 5.81. The van der Waals surface area contributed by atoms with Crippen LogP contribution in [0.5, 0.6) is 5.75 Å². The largest absolute Gasteiger partial charge is 0.489 e. The first-order chi connectivity index (χ1) is 13.5. The number of benzene rings is 3.